The van der Waals surface area contributed by atoms with Crippen molar-refractivity contribution in [2.45, 2.75) is 4.34 Å². The van der Waals surface area contributed by atoms with Crippen LogP contribution in [0.4, 0.5) is 5.13 Å². The molecule has 0 unspecified atom stereocenters. The number of methoxy groups -OCH3 is 1. The van der Waals surface area contributed by atoms with Crippen LogP contribution in [0.25, 0.3) is 10.2 Å². The molecule has 134 valence electrons. The maximum Gasteiger partial charge on any atom is 0.346 e. The maximum atomic E-state index is 12.7. The van der Waals surface area contributed by atoms with Crippen LogP contribution in [0.2, 0.25) is 0 Å². The molecule has 0 aliphatic rings. The highest BCUT2D eigenvalue weighted by molar-refractivity contribution is 8.16. The smallest absolute Gasteiger partial charge is 0.346 e. The quantitative estimate of drug-likeness (QED) is 0.286. The van der Waals surface area contributed by atoms with Crippen LogP contribution in [0.3, 0.4) is 0 Å². The number of thioether (sulfide) groups is 1. The van der Waals surface area contributed by atoms with Gasteiger partial charge >= 0.3 is 5.97 Å². The molecule has 0 atom stereocenters. The van der Waals surface area contributed by atoms with Crippen molar-refractivity contribution in [2.24, 2.45) is 5.16 Å². The van der Waals surface area contributed by atoms with Crippen LogP contribution >= 0.6 is 34.4 Å². The molecule has 0 amide bonds. The number of aromatic nitrogens is 2. The molecule has 3 aromatic rings. The van der Waals surface area contributed by atoms with Gasteiger partial charge in [-0.05, 0) is 23.9 Å². The fourth-order valence-corrected chi connectivity index (χ4v) is 4.26. The van der Waals surface area contributed by atoms with Crippen LogP contribution in [-0.2, 0) is 19.2 Å². The summed E-state index contributed by atoms with van der Waals surface area (Å²) in [7, 11) is 1.23. The van der Waals surface area contributed by atoms with Crippen molar-refractivity contribution in [3.05, 3.63) is 35.3 Å². The molecule has 1 aromatic carbocycles. The Kier molecular flexibility index (Phi) is 5.81. The number of hydrogen-bond donors (Lipinski definition) is 1. The minimum atomic E-state index is -0.614. The second-order valence-corrected chi connectivity index (χ2v) is 7.84. The molecule has 26 heavy (non-hydrogen) atoms. The van der Waals surface area contributed by atoms with Gasteiger partial charge in [-0.3, -0.25) is 4.79 Å². The van der Waals surface area contributed by atoms with E-state index in [0.29, 0.717) is 9.47 Å². The van der Waals surface area contributed by atoms with Crippen molar-refractivity contribution >= 4 is 66.6 Å². The first-order valence-electron chi connectivity index (χ1n) is 7.12. The van der Waals surface area contributed by atoms with Crippen LogP contribution in [0.1, 0.15) is 5.69 Å². The number of hydrogen-bond acceptors (Lipinski definition) is 11. The van der Waals surface area contributed by atoms with E-state index in [0.717, 1.165) is 22.0 Å². The zero-order valence-corrected chi connectivity index (χ0v) is 15.8. The van der Waals surface area contributed by atoms with Gasteiger partial charge in [-0.2, -0.15) is 0 Å². The van der Waals surface area contributed by atoms with Crippen molar-refractivity contribution in [2.75, 3.05) is 19.5 Å². The van der Waals surface area contributed by atoms with E-state index in [1.165, 1.54) is 29.8 Å². The van der Waals surface area contributed by atoms with Gasteiger partial charge in [0.2, 0.25) is 11.7 Å². The lowest BCUT2D eigenvalue weighted by molar-refractivity contribution is -0.145. The summed E-state index contributed by atoms with van der Waals surface area (Å²) >= 11 is 3.47. The van der Waals surface area contributed by atoms with Crippen LogP contribution in [0.15, 0.2) is 39.1 Å². The number of esters is 1. The van der Waals surface area contributed by atoms with Crippen LogP contribution in [0, 0.1) is 0 Å². The van der Waals surface area contributed by atoms with Crippen LogP contribution in [0.5, 0.6) is 0 Å². The second kappa shape index (κ2) is 8.25. The Morgan fingerprint density at radius 3 is 2.81 bits per heavy atom. The van der Waals surface area contributed by atoms with E-state index < -0.39 is 17.7 Å². The monoisotopic (exact) mass is 408 g/mol. The van der Waals surface area contributed by atoms with Gasteiger partial charge in [0.1, 0.15) is 5.69 Å². The third kappa shape index (κ3) is 4.36. The predicted octanol–water partition coefficient (Wildman–Crippen LogP) is 2.55. The van der Waals surface area contributed by atoms with Gasteiger partial charge in [0.15, 0.2) is 15.2 Å². The number of ether oxygens (including phenoxy) is 1. The number of para-hydroxylation sites is 1. The molecule has 8 nitrogen and oxygen atoms in total. The number of carbonyl (C=O) groups is 2. The van der Waals surface area contributed by atoms with Crippen molar-refractivity contribution in [1.82, 2.24) is 9.97 Å². The molecule has 11 heteroatoms. The molecule has 0 spiro atoms. The predicted molar refractivity (Wildman–Crippen MR) is 102 cm³/mol. The number of rotatable bonds is 6. The SMILES string of the molecule is COC(=O)CO/N=C(/C(=O)Sc1nc2ccccc2s1)c1csc(N)n1. The minimum Gasteiger partial charge on any atom is -0.466 e. The topological polar surface area (TPSA) is 117 Å². The van der Waals surface area contributed by atoms with Gasteiger partial charge in [0.25, 0.3) is 0 Å². The fourth-order valence-electron chi connectivity index (χ4n) is 1.82. The number of anilines is 1. The second-order valence-electron chi connectivity index (χ2n) is 4.70. The molecule has 0 saturated carbocycles. The summed E-state index contributed by atoms with van der Waals surface area (Å²) < 4.78 is 6.01. The molecular formula is C15H12N4O4S3. The Balaban J connectivity index is 1.81. The molecule has 2 heterocycles. The van der Waals surface area contributed by atoms with E-state index in [-0.39, 0.29) is 11.4 Å². The van der Waals surface area contributed by atoms with E-state index in [9.17, 15) is 9.59 Å². The van der Waals surface area contributed by atoms with Gasteiger partial charge in [0, 0.05) is 5.38 Å². The van der Waals surface area contributed by atoms with E-state index in [4.69, 9.17) is 10.6 Å². The van der Waals surface area contributed by atoms with Crippen molar-refractivity contribution < 1.29 is 19.2 Å². The van der Waals surface area contributed by atoms with E-state index >= 15 is 0 Å². The average molecular weight is 408 g/mol. The Hall–Kier alpha value is -2.50. The standard InChI is InChI=1S/C15H12N4O4S3/c1-22-11(20)6-23-19-12(9-7-24-14(16)17-9)13(21)26-15-18-8-4-2-3-5-10(8)25-15/h2-5,7H,6H2,1H3,(H2,16,17)/b19-12+. The number of fused-ring (bicyclic) bond motifs is 1. The summed E-state index contributed by atoms with van der Waals surface area (Å²) in [5.74, 6) is -0.614. The lowest BCUT2D eigenvalue weighted by atomic mass is 10.3. The fraction of sp³-hybridized carbons (Fsp3) is 0.133. The minimum absolute atomic E-state index is 0.0499. The largest absolute Gasteiger partial charge is 0.466 e. The summed E-state index contributed by atoms with van der Waals surface area (Å²) in [6, 6.07) is 7.58. The highest BCUT2D eigenvalue weighted by Gasteiger charge is 2.21. The lowest BCUT2D eigenvalue weighted by Crippen LogP contribution is -2.15. The maximum absolute atomic E-state index is 12.7. The zero-order chi connectivity index (χ0) is 18.5. The molecule has 0 radical (unpaired) electrons. The lowest BCUT2D eigenvalue weighted by Gasteiger charge is -2.02. The highest BCUT2D eigenvalue weighted by atomic mass is 32.2. The van der Waals surface area contributed by atoms with Gasteiger partial charge in [-0.1, -0.05) is 17.3 Å². The number of nitrogen functional groups attached to an aromatic ring is 1. The number of nitrogens with zero attached hydrogens (tertiary/aromatic N) is 3. The first kappa shape index (κ1) is 18.3. The summed E-state index contributed by atoms with van der Waals surface area (Å²) in [6.45, 7) is -0.418. The Morgan fingerprint density at radius 2 is 2.12 bits per heavy atom. The first-order valence-corrected chi connectivity index (χ1v) is 9.64. The van der Waals surface area contributed by atoms with Gasteiger partial charge in [0.05, 0.1) is 17.3 Å². The third-order valence-electron chi connectivity index (χ3n) is 2.98. The average Bonchev–Trinajstić information content (AvgIpc) is 3.23. The summed E-state index contributed by atoms with van der Waals surface area (Å²) in [6.07, 6.45) is 0. The Labute approximate surface area is 160 Å². The molecule has 0 fully saturated rings. The Morgan fingerprint density at radius 1 is 1.31 bits per heavy atom. The molecule has 0 saturated heterocycles. The number of benzene rings is 1. The first-order chi connectivity index (χ1) is 12.6. The van der Waals surface area contributed by atoms with Crippen molar-refractivity contribution in [1.29, 1.82) is 0 Å². The van der Waals surface area contributed by atoms with Gasteiger partial charge in [-0.15, -0.1) is 22.7 Å². The van der Waals surface area contributed by atoms with E-state index in [1.807, 2.05) is 24.3 Å². The third-order valence-corrected chi connectivity index (χ3v) is 5.63. The molecule has 0 aliphatic carbocycles. The van der Waals surface area contributed by atoms with Crippen LogP contribution in [-0.4, -0.2) is 40.5 Å². The van der Waals surface area contributed by atoms with Gasteiger partial charge < -0.3 is 15.3 Å². The number of carbonyl (C=O) groups excluding carboxylic acids is 2. The molecule has 0 aliphatic heterocycles. The molecule has 3 rings (SSSR count). The number of thiazole rings is 2. The highest BCUT2D eigenvalue weighted by Crippen LogP contribution is 2.30. The molecule has 2 aromatic heterocycles. The Bertz CT molecular complexity index is 949. The molecular weight excluding hydrogens is 396 g/mol. The number of oxime groups is 1. The zero-order valence-electron chi connectivity index (χ0n) is 13.4. The summed E-state index contributed by atoms with van der Waals surface area (Å²) in [5, 5.41) is 5.22. The molecule has 2 N–H and O–H groups in total. The van der Waals surface area contributed by atoms with Crippen molar-refractivity contribution in [3.63, 3.8) is 0 Å². The van der Waals surface area contributed by atoms with E-state index in [1.54, 1.807) is 5.38 Å². The number of nitrogens with two attached hydrogens (primary N) is 1. The van der Waals surface area contributed by atoms with Gasteiger partial charge in [-0.25, -0.2) is 14.8 Å². The van der Waals surface area contributed by atoms with Crippen LogP contribution < -0.4 is 5.73 Å². The van der Waals surface area contributed by atoms with E-state index in [2.05, 4.69) is 19.9 Å². The summed E-state index contributed by atoms with van der Waals surface area (Å²) in [5.41, 5.74) is 6.66. The van der Waals surface area contributed by atoms with Crippen molar-refractivity contribution in [3.8, 4) is 0 Å². The summed E-state index contributed by atoms with van der Waals surface area (Å²) in [4.78, 5) is 37.2. The molecule has 0 bridgehead atoms. The normalized spacial score (nSPS) is 11.5.